The summed E-state index contributed by atoms with van der Waals surface area (Å²) in [5.41, 5.74) is 8.70. The van der Waals surface area contributed by atoms with Crippen molar-refractivity contribution in [2.24, 2.45) is 0 Å². The smallest absolute Gasteiger partial charge is 0.136 e. The monoisotopic (exact) mass is 452 g/mol. The van der Waals surface area contributed by atoms with E-state index in [1.54, 1.807) is 0 Å². The van der Waals surface area contributed by atoms with Crippen LogP contribution >= 0.6 is 0 Å². The first-order valence-corrected chi connectivity index (χ1v) is 12.0. The van der Waals surface area contributed by atoms with E-state index in [-0.39, 0.29) is 5.41 Å². The van der Waals surface area contributed by atoms with Crippen LogP contribution in [0.5, 0.6) is 11.5 Å². The molecule has 0 bridgehead atoms. The number of hydrogen-bond acceptors (Lipinski definition) is 2. The van der Waals surface area contributed by atoms with Gasteiger partial charge < -0.3 is 9.15 Å². The van der Waals surface area contributed by atoms with Gasteiger partial charge in [0.1, 0.15) is 22.7 Å². The normalized spacial score (nSPS) is 13.9. The number of benzene rings is 5. The third kappa shape index (κ3) is 3.10. The van der Waals surface area contributed by atoms with Gasteiger partial charge in [0, 0.05) is 27.3 Å². The summed E-state index contributed by atoms with van der Waals surface area (Å²) in [6, 6.07) is 38.2. The molecule has 1 aliphatic heterocycles. The van der Waals surface area contributed by atoms with Crippen molar-refractivity contribution < 1.29 is 9.15 Å². The highest BCUT2D eigenvalue weighted by Gasteiger charge is 2.34. The first kappa shape index (κ1) is 20.1. The maximum absolute atomic E-state index is 6.34. The Balaban J connectivity index is 1.31. The summed E-state index contributed by atoms with van der Waals surface area (Å²) in [6.45, 7) is 4.52. The zero-order valence-electron chi connectivity index (χ0n) is 19.7. The Kier molecular flexibility index (Phi) is 4.22. The van der Waals surface area contributed by atoms with E-state index in [9.17, 15) is 0 Å². The van der Waals surface area contributed by atoms with Crippen LogP contribution in [0.1, 0.15) is 25.0 Å². The minimum atomic E-state index is -0.109. The van der Waals surface area contributed by atoms with Crippen LogP contribution in [0.3, 0.4) is 0 Å². The van der Waals surface area contributed by atoms with Gasteiger partial charge in [-0.3, -0.25) is 0 Å². The Morgan fingerprint density at radius 2 is 1.06 bits per heavy atom. The zero-order chi connectivity index (χ0) is 23.6. The summed E-state index contributed by atoms with van der Waals surface area (Å²) in [7, 11) is 0. The van der Waals surface area contributed by atoms with Crippen molar-refractivity contribution in [3.63, 3.8) is 0 Å². The molecule has 7 rings (SSSR count). The van der Waals surface area contributed by atoms with Crippen molar-refractivity contribution in [1.82, 2.24) is 0 Å². The van der Waals surface area contributed by atoms with Crippen LogP contribution in [0, 0.1) is 0 Å². The average Bonchev–Trinajstić information content (AvgIpc) is 3.26. The fourth-order valence-corrected chi connectivity index (χ4v) is 5.40. The molecule has 2 heteroatoms. The first-order valence-electron chi connectivity index (χ1n) is 12.0. The molecule has 0 radical (unpaired) electrons. The molecule has 5 aromatic carbocycles. The van der Waals surface area contributed by atoms with Gasteiger partial charge in [-0.25, -0.2) is 0 Å². The van der Waals surface area contributed by atoms with Gasteiger partial charge in [0.05, 0.1) is 0 Å². The second-order valence-corrected chi connectivity index (χ2v) is 9.82. The molecule has 0 aliphatic carbocycles. The molecule has 0 saturated heterocycles. The fourth-order valence-electron chi connectivity index (χ4n) is 5.40. The summed E-state index contributed by atoms with van der Waals surface area (Å²) >= 11 is 0. The second kappa shape index (κ2) is 7.35. The van der Waals surface area contributed by atoms with E-state index in [0.717, 1.165) is 50.1 Å². The molecule has 0 atom stereocenters. The molecule has 6 aromatic rings. The van der Waals surface area contributed by atoms with Crippen LogP contribution in [0.15, 0.2) is 114 Å². The third-order valence-corrected chi connectivity index (χ3v) is 7.35. The average molecular weight is 453 g/mol. The minimum absolute atomic E-state index is 0.109. The van der Waals surface area contributed by atoms with Crippen LogP contribution in [0.25, 0.3) is 44.2 Å². The van der Waals surface area contributed by atoms with Gasteiger partial charge in [-0.15, -0.1) is 0 Å². The van der Waals surface area contributed by atoms with E-state index in [1.165, 1.54) is 16.7 Å². The molecular weight excluding hydrogens is 428 g/mol. The van der Waals surface area contributed by atoms with Gasteiger partial charge in [0.2, 0.25) is 0 Å². The lowest BCUT2D eigenvalue weighted by atomic mass is 9.75. The summed E-state index contributed by atoms with van der Waals surface area (Å²) in [5.74, 6) is 1.85. The number of ether oxygens (including phenoxy) is 1. The Morgan fingerprint density at radius 1 is 0.486 bits per heavy atom. The number of hydrogen-bond donors (Lipinski definition) is 0. The predicted octanol–water partition coefficient (Wildman–Crippen LogP) is 9.35. The lowest BCUT2D eigenvalue weighted by Gasteiger charge is -2.34. The maximum atomic E-state index is 6.34. The Morgan fingerprint density at radius 3 is 1.80 bits per heavy atom. The number of fused-ring (bicyclic) bond motifs is 5. The topological polar surface area (TPSA) is 22.4 Å². The molecule has 0 spiro atoms. The lowest BCUT2D eigenvalue weighted by molar-refractivity contribution is 0.418. The number of para-hydroxylation sites is 1. The summed E-state index contributed by atoms with van der Waals surface area (Å²) in [6.07, 6.45) is 0. The van der Waals surface area contributed by atoms with Crippen molar-refractivity contribution in [2.45, 2.75) is 19.3 Å². The van der Waals surface area contributed by atoms with Crippen molar-refractivity contribution in [3.8, 4) is 33.8 Å². The standard InChI is InChI=1S/C33H24O2/c1-33(2)27-10-6-7-11-29(27)34-32-20-24(14-17-28(32)33)23-13-16-26-25-15-12-22(21-8-4-3-5-9-21)18-30(25)35-31(26)19-23/h3-20H,1-2H3. The largest absolute Gasteiger partial charge is 0.457 e. The van der Waals surface area contributed by atoms with Gasteiger partial charge in [0.15, 0.2) is 0 Å². The molecule has 0 saturated carbocycles. The van der Waals surface area contributed by atoms with Crippen molar-refractivity contribution in [3.05, 3.63) is 120 Å². The first-order chi connectivity index (χ1) is 17.1. The van der Waals surface area contributed by atoms with Crippen molar-refractivity contribution >= 4 is 21.9 Å². The van der Waals surface area contributed by atoms with Crippen LogP contribution in [0.4, 0.5) is 0 Å². The van der Waals surface area contributed by atoms with Gasteiger partial charge in [-0.1, -0.05) is 86.6 Å². The Hall–Kier alpha value is -4.30. The molecule has 35 heavy (non-hydrogen) atoms. The summed E-state index contributed by atoms with van der Waals surface area (Å²) in [4.78, 5) is 0. The van der Waals surface area contributed by atoms with Gasteiger partial charge >= 0.3 is 0 Å². The van der Waals surface area contributed by atoms with E-state index >= 15 is 0 Å². The van der Waals surface area contributed by atoms with Crippen LogP contribution in [-0.4, -0.2) is 0 Å². The van der Waals surface area contributed by atoms with E-state index in [4.69, 9.17) is 9.15 Å². The fraction of sp³-hybridized carbons (Fsp3) is 0.0909. The lowest BCUT2D eigenvalue weighted by Crippen LogP contribution is -2.24. The summed E-state index contributed by atoms with van der Waals surface area (Å²) in [5, 5.41) is 2.27. The molecule has 0 amide bonds. The second-order valence-electron chi connectivity index (χ2n) is 9.82. The SMILES string of the molecule is CC1(C)c2ccccc2Oc2cc(-c3ccc4c(c3)oc3cc(-c5ccccc5)ccc34)ccc21. The molecule has 1 aromatic heterocycles. The minimum Gasteiger partial charge on any atom is -0.457 e. The van der Waals surface area contributed by atoms with E-state index in [1.807, 2.05) is 12.1 Å². The Labute approximate surface area is 204 Å². The van der Waals surface area contributed by atoms with Gasteiger partial charge in [0.25, 0.3) is 0 Å². The molecule has 168 valence electrons. The van der Waals surface area contributed by atoms with Gasteiger partial charge in [-0.2, -0.15) is 0 Å². The van der Waals surface area contributed by atoms with E-state index in [0.29, 0.717) is 0 Å². The van der Waals surface area contributed by atoms with Crippen LogP contribution in [0.2, 0.25) is 0 Å². The van der Waals surface area contributed by atoms with E-state index in [2.05, 4.69) is 111 Å². The van der Waals surface area contributed by atoms with Crippen molar-refractivity contribution in [2.75, 3.05) is 0 Å². The highest BCUT2D eigenvalue weighted by atomic mass is 16.5. The number of rotatable bonds is 2. The highest BCUT2D eigenvalue weighted by Crippen LogP contribution is 2.48. The Bertz CT molecular complexity index is 1740. The third-order valence-electron chi connectivity index (χ3n) is 7.35. The molecular formula is C33H24O2. The highest BCUT2D eigenvalue weighted by molar-refractivity contribution is 6.07. The summed E-state index contributed by atoms with van der Waals surface area (Å²) < 4.78 is 12.7. The van der Waals surface area contributed by atoms with Gasteiger partial charge in [-0.05, 0) is 58.7 Å². The number of furan rings is 1. The molecule has 0 N–H and O–H groups in total. The quantitative estimate of drug-likeness (QED) is 0.261. The van der Waals surface area contributed by atoms with Crippen LogP contribution < -0.4 is 4.74 Å². The predicted molar refractivity (Wildman–Crippen MR) is 143 cm³/mol. The molecule has 1 aliphatic rings. The van der Waals surface area contributed by atoms with E-state index < -0.39 is 0 Å². The molecule has 2 heterocycles. The van der Waals surface area contributed by atoms with Crippen LogP contribution in [-0.2, 0) is 5.41 Å². The van der Waals surface area contributed by atoms with Crippen molar-refractivity contribution in [1.29, 1.82) is 0 Å². The maximum Gasteiger partial charge on any atom is 0.136 e. The zero-order valence-corrected chi connectivity index (χ0v) is 19.7. The molecule has 0 fully saturated rings. The molecule has 2 nitrogen and oxygen atoms in total. The molecule has 0 unspecified atom stereocenters.